The van der Waals surface area contributed by atoms with Crippen LogP contribution >= 0.6 is 11.8 Å². The third-order valence-electron chi connectivity index (χ3n) is 4.40. The maximum Gasteiger partial charge on any atom is 0.225 e. The zero-order valence-electron chi connectivity index (χ0n) is 16.2. The maximum atomic E-state index is 12.9. The molecule has 28 heavy (non-hydrogen) atoms. The molecule has 0 saturated carbocycles. The van der Waals surface area contributed by atoms with Gasteiger partial charge in [-0.3, -0.25) is 4.99 Å². The fourth-order valence-corrected chi connectivity index (χ4v) is 3.81. The smallest absolute Gasteiger partial charge is 0.225 e. The minimum atomic E-state index is -0.192. The lowest BCUT2D eigenvalue weighted by atomic mass is 10.3. The third-order valence-corrected chi connectivity index (χ3v) is 5.49. The van der Waals surface area contributed by atoms with Crippen molar-refractivity contribution in [3.05, 3.63) is 48.5 Å². The largest absolute Gasteiger partial charge is 0.357 e. The van der Waals surface area contributed by atoms with Gasteiger partial charge in [0.2, 0.25) is 5.95 Å². The van der Waals surface area contributed by atoms with E-state index >= 15 is 0 Å². The van der Waals surface area contributed by atoms with E-state index in [9.17, 15) is 4.39 Å². The zero-order chi connectivity index (χ0) is 19.6. The highest BCUT2D eigenvalue weighted by atomic mass is 32.2. The van der Waals surface area contributed by atoms with Crippen LogP contribution in [-0.4, -0.2) is 65.8 Å². The first kappa shape index (κ1) is 20.4. The van der Waals surface area contributed by atoms with Gasteiger partial charge in [0.15, 0.2) is 5.96 Å². The van der Waals surface area contributed by atoms with E-state index in [0.29, 0.717) is 0 Å². The van der Waals surface area contributed by atoms with E-state index in [0.717, 1.165) is 68.2 Å². The first-order valence-corrected chi connectivity index (χ1v) is 10.7. The van der Waals surface area contributed by atoms with Gasteiger partial charge in [-0.1, -0.05) is 0 Å². The summed E-state index contributed by atoms with van der Waals surface area (Å²) in [6.07, 6.45) is 4.54. The lowest BCUT2D eigenvalue weighted by Gasteiger charge is -2.36. The molecule has 1 aliphatic heterocycles. The van der Waals surface area contributed by atoms with E-state index in [1.54, 1.807) is 24.2 Å². The van der Waals surface area contributed by atoms with Crippen LogP contribution in [0.2, 0.25) is 0 Å². The van der Waals surface area contributed by atoms with Crippen LogP contribution in [0, 0.1) is 5.82 Å². The standard InChI is InChI=1S/C20H27FN6S/c1-2-22-19(25-11-4-16-28-18-7-5-17(21)6-8-18)26-12-14-27(15-13-26)20-23-9-3-10-24-20/h3,5-10H,2,4,11-16H2,1H3,(H,22,25). The SMILES string of the molecule is CCNC(=NCCCSc1ccc(F)cc1)N1CCN(c2ncccn2)CC1. The van der Waals surface area contributed by atoms with Gasteiger partial charge in [-0.15, -0.1) is 11.8 Å². The highest BCUT2D eigenvalue weighted by Gasteiger charge is 2.20. The van der Waals surface area contributed by atoms with Crippen molar-refractivity contribution in [1.82, 2.24) is 20.2 Å². The number of guanidine groups is 1. The number of rotatable bonds is 7. The monoisotopic (exact) mass is 402 g/mol. The van der Waals surface area contributed by atoms with E-state index in [1.165, 1.54) is 12.1 Å². The second-order valence-corrected chi connectivity index (χ2v) is 7.58. The molecule has 1 fully saturated rings. The van der Waals surface area contributed by atoms with Gasteiger partial charge in [-0.05, 0) is 49.4 Å². The Kier molecular flexibility index (Phi) is 7.90. The number of anilines is 1. The first-order valence-electron chi connectivity index (χ1n) is 9.70. The maximum absolute atomic E-state index is 12.9. The summed E-state index contributed by atoms with van der Waals surface area (Å²) in [5.74, 6) is 2.54. The molecule has 0 atom stereocenters. The molecule has 1 N–H and O–H groups in total. The lowest BCUT2D eigenvalue weighted by molar-refractivity contribution is 0.370. The molecule has 0 bridgehead atoms. The third kappa shape index (κ3) is 6.09. The lowest BCUT2D eigenvalue weighted by Crippen LogP contribution is -2.53. The van der Waals surface area contributed by atoms with Crippen molar-refractivity contribution in [2.24, 2.45) is 4.99 Å². The summed E-state index contributed by atoms with van der Waals surface area (Å²) in [4.78, 5) is 19.1. The molecule has 0 amide bonds. The van der Waals surface area contributed by atoms with Crippen LogP contribution in [0.25, 0.3) is 0 Å². The molecule has 1 saturated heterocycles. The molecule has 8 heteroatoms. The molecule has 2 heterocycles. The Balaban J connectivity index is 1.44. The van der Waals surface area contributed by atoms with Crippen molar-refractivity contribution in [2.45, 2.75) is 18.2 Å². The number of nitrogens with one attached hydrogen (secondary N) is 1. The molecule has 0 spiro atoms. The molecule has 0 unspecified atom stereocenters. The Hall–Kier alpha value is -2.35. The van der Waals surface area contributed by atoms with E-state index in [-0.39, 0.29) is 5.82 Å². The number of nitrogens with zero attached hydrogens (tertiary/aromatic N) is 5. The van der Waals surface area contributed by atoms with Gasteiger partial charge in [0.1, 0.15) is 5.82 Å². The van der Waals surface area contributed by atoms with Gasteiger partial charge in [0.05, 0.1) is 0 Å². The van der Waals surface area contributed by atoms with Gasteiger partial charge in [-0.2, -0.15) is 0 Å². The minimum Gasteiger partial charge on any atom is -0.357 e. The highest BCUT2D eigenvalue weighted by Crippen LogP contribution is 2.18. The molecule has 1 aromatic heterocycles. The number of thioether (sulfide) groups is 1. The van der Waals surface area contributed by atoms with Crippen LogP contribution in [0.1, 0.15) is 13.3 Å². The highest BCUT2D eigenvalue weighted by molar-refractivity contribution is 7.99. The fraction of sp³-hybridized carbons (Fsp3) is 0.450. The van der Waals surface area contributed by atoms with Crippen LogP contribution in [-0.2, 0) is 0 Å². The van der Waals surface area contributed by atoms with Gasteiger partial charge in [0, 0.05) is 56.6 Å². The zero-order valence-corrected chi connectivity index (χ0v) is 17.0. The molecule has 150 valence electrons. The quantitative estimate of drug-likeness (QED) is 0.333. The fourth-order valence-electron chi connectivity index (χ4n) is 2.97. The Labute approximate surface area is 170 Å². The second kappa shape index (κ2) is 10.8. The molecule has 6 nitrogen and oxygen atoms in total. The number of piperazine rings is 1. The summed E-state index contributed by atoms with van der Waals surface area (Å²) in [5, 5.41) is 3.40. The molecular formula is C20H27FN6S. The predicted molar refractivity (Wildman–Crippen MR) is 114 cm³/mol. The summed E-state index contributed by atoms with van der Waals surface area (Å²) in [7, 11) is 0. The molecule has 2 aromatic rings. The van der Waals surface area contributed by atoms with E-state index in [4.69, 9.17) is 4.99 Å². The van der Waals surface area contributed by atoms with Crippen LogP contribution in [0.3, 0.4) is 0 Å². The molecule has 1 aromatic carbocycles. The predicted octanol–water partition coefficient (Wildman–Crippen LogP) is 2.89. The van der Waals surface area contributed by atoms with E-state index in [2.05, 4.69) is 32.0 Å². The topological polar surface area (TPSA) is 56.7 Å². The summed E-state index contributed by atoms with van der Waals surface area (Å²) in [6.45, 7) is 7.28. The van der Waals surface area contributed by atoms with E-state index in [1.807, 2.05) is 18.2 Å². The number of aromatic nitrogens is 2. The molecule has 3 rings (SSSR count). The van der Waals surface area contributed by atoms with Gasteiger partial charge >= 0.3 is 0 Å². The number of hydrogen-bond acceptors (Lipinski definition) is 5. The van der Waals surface area contributed by atoms with Crippen LogP contribution in [0.5, 0.6) is 0 Å². The van der Waals surface area contributed by atoms with E-state index < -0.39 is 0 Å². The number of halogens is 1. The van der Waals surface area contributed by atoms with Crippen molar-refractivity contribution in [1.29, 1.82) is 0 Å². The molecular weight excluding hydrogens is 375 g/mol. The molecule has 0 aliphatic carbocycles. The van der Waals surface area contributed by atoms with Gasteiger partial charge in [0.25, 0.3) is 0 Å². The number of benzene rings is 1. The second-order valence-electron chi connectivity index (χ2n) is 6.41. The van der Waals surface area contributed by atoms with Gasteiger partial charge < -0.3 is 15.1 Å². The van der Waals surface area contributed by atoms with Crippen molar-refractivity contribution in [3.8, 4) is 0 Å². The normalized spacial score (nSPS) is 15.0. The first-order chi connectivity index (χ1) is 13.8. The van der Waals surface area contributed by atoms with Crippen LogP contribution in [0.15, 0.2) is 52.6 Å². The summed E-state index contributed by atoms with van der Waals surface area (Å²) in [5.41, 5.74) is 0. The molecule has 1 aliphatic rings. The Morgan fingerprint density at radius 1 is 1.14 bits per heavy atom. The summed E-state index contributed by atoms with van der Waals surface area (Å²) >= 11 is 1.74. The minimum absolute atomic E-state index is 0.192. The van der Waals surface area contributed by atoms with Crippen LogP contribution < -0.4 is 10.2 Å². The Morgan fingerprint density at radius 2 is 1.86 bits per heavy atom. The average molecular weight is 403 g/mol. The number of hydrogen-bond donors (Lipinski definition) is 1. The van der Waals surface area contributed by atoms with Crippen molar-refractivity contribution >= 4 is 23.7 Å². The summed E-state index contributed by atoms with van der Waals surface area (Å²) in [6, 6.07) is 8.49. The number of aliphatic imine (C=N–C) groups is 1. The van der Waals surface area contributed by atoms with Crippen molar-refractivity contribution < 1.29 is 4.39 Å². The van der Waals surface area contributed by atoms with Crippen LogP contribution in [0.4, 0.5) is 10.3 Å². The summed E-state index contributed by atoms with van der Waals surface area (Å²) < 4.78 is 12.9. The van der Waals surface area contributed by atoms with Crippen molar-refractivity contribution in [2.75, 3.05) is 49.9 Å². The van der Waals surface area contributed by atoms with Gasteiger partial charge in [-0.25, -0.2) is 14.4 Å². The molecule has 0 radical (unpaired) electrons. The average Bonchev–Trinajstić information content (AvgIpc) is 2.75. The Bertz CT molecular complexity index is 732. The van der Waals surface area contributed by atoms with Crippen molar-refractivity contribution in [3.63, 3.8) is 0 Å². The Morgan fingerprint density at radius 3 is 2.54 bits per heavy atom.